The van der Waals surface area contributed by atoms with Gasteiger partial charge in [0.2, 0.25) is 0 Å². The number of hydrogen-bond acceptors (Lipinski definition) is 7. The number of fused-ring (bicyclic) bond motifs is 1. The summed E-state index contributed by atoms with van der Waals surface area (Å²) in [5.74, 6) is -0.793. The van der Waals surface area contributed by atoms with Gasteiger partial charge in [0.15, 0.2) is 11.4 Å². The Morgan fingerprint density at radius 3 is 2.70 bits per heavy atom. The summed E-state index contributed by atoms with van der Waals surface area (Å²) in [7, 11) is 1.24. The molecule has 0 aliphatic carbocycles. The van der Waals surface area contributed by atoms with E-state index in [4.69, 9.17) is 4.74 Å². The number of pyridine rings is 1. The van der Waals surface area contributed by atoms with Crippen LogP contribution in [0, 0.1) is 0 Å². The van der Waals surface area contributed by atoms with Crippen LogP contribution in [0.5, 0.6) is 0 Å². The molecule has 0 bridgehead atoms. The molecule has 0 N–H and O–H groups in total. The van der Waals surface area contributed by atoms with E-state index in [0.717, 1.165) is 4.57 Å². The number of ether oxygens (including phenoxy) is 1. The molecule has 1 aliphatic rings. The van der Waals surface area contributed by atoms with Crippen LogP contribution in [0.4, 0.5) is 0 Å². The highest BCUT2D eigenvalue weighted by Gasteiger charge is 2.21. The third-order valence-electron chi connectivity index (χ3n) is 4.68. The average Bonchev–Trinajstić information content (AvgIpc) is 2.76. The van der Waals surface area contributed by atoms with Crippen LogP contribution in [0.2, 0.25) is 0 Å². The van der Waals surface area contributed by atoms with Gasteiger partial charge in [-0.15, -0.1) is 0 Å². The number of para-hydroxylation sites is 1. The maximum atomic E-state index is 13.4. The van der Waals surface area contributed by atoms with Crippen LogP contribution in [0.25, 0.3) is 16.7 Å². The predicted octanol–water partition coefficient (Wildman–Crippen LogP) is 1.26. The van der Waals surface area contributed by atoms with Crippen molar-refractivity contribution in [2.24, 2.45) is 4.99 Å². The first kappa shape index (κ1) is 19.2. The SMILES string of the molecule is COC(=O)c1ccccc1-n1c(=O)n(CC2=NC=CC(=O)C2)c(=O)c2cccnc21. The van der Waals surface area contributed by atoms with Crippen LogP contribution in [0.3, 0.4) is 0 Å². The normalized spacial score (nSPS) is 13.4. The fourth-order valence-corrected chi connectivity index (χ4v) is 3.30. The summed E-state index contributed by atoms with van der Waals surface area (Å²) in [6.07, 6.45) is 4.16. The summed E-state index contributed by atoms with van der Waals surface area (Å²) in [6.45, 7) is -0.154. The van der Waals surface area contributed by atoms with Gasteiger partial charge in [-0.3, -0.25) is 19.1 Å². The van der Waals surface area contributed by atoms with Crippen molar-refractivity contribution in [1.82, 2.24) is 14.1 Å². The first-order chi connectivity index (χ1) is 14.5. The van der Waals surface area contributed by atoms with E-state index in [1.807, 2.05) is 0 Å². The number of aliphatic imine (C=N–C) groups is 1. The lowest BCUT2D eigenvalue weighted by atomic mass is 10.1. The second-order valence-electron chi connectivity index (χ2n) is 6.55. The summed E-state index contributed by atoms with van der Waals surface area (Å²) >= 11 is 0. The Morgan fingerprint density at radius 1 is 1.13 bits per heavy atom. The second kappa shape index (κ2) is 7.70. The van der Waals surface area contributed by atoms with Gasteiger partial charge in [-0.25, -0.2) is 19.1 Å². The minimum absolute atomic E-state index is 0.0200. The molecule has 150 valence electrons. The number of nitrogens with zero attached hydrogens (tertiary/aromatic N) is 4. The van der Waals surface area contributed by atoms with Crippen LogP contribution in [-0.4, -0.2) is 38.7 Å². The van der Waals surface area contributed by atoms with Crippen molar-refractivity contribution in [2.45, 2.75) is 13.0 Å². The van der Waals surface area contributed by atoms with Crippen LogP contribution >= 0.6 is 0 Å². The number of carbonyl (C=O) groups excluding carboxylic acids is 2. The molecular formula is C21H16N4O5. The van der Waals surface area contributed by atoms with E-state index >= 15 is 0 Å². The molecule has 0 spiro atoms. The molecule has 9 nitrogen and oxygen atoms in total. The zero-order chi connectivity index (χ0) is 21.3. The van der Waals surface area contributed by atoms with Gasteiger partial charge in [0.05, 0.1) is 36.7 Å². The summed E-state index contributed by atoms with van der Waals surface area (Å²) in [5, 5.41) is 0.190. The third-order valence-corrected chi connectivity index (χ3v) is 4.68. The lowest BCUT2D eigenvalue weighted by Crippen LogP contribution is -2.42. The number of benzene rings is 1. The monoisotopic (exact) mass is 404 g/mol. The van der Waals surface area contributed by atoms with Crippen LogP contribution in [0.1, 0.15) is 16.8 Å². The van der Waals surface area contributed by atoms with Gasteiger partial charge in [-0.05, 0) is 30.3 Å². The fourth-order valence-electron chi connectivity index (χ4n) is 3.30. The van der Waals surface area contributed by atoms with E-state index in [9.17, 15) is 19.2 Å². The Labute approximate surface area is 169 Å². The minimum atomic E-state index is -0.702. The van der Waals surface area contributed by atoms with Crippen molar-refractivity contribution in [1.29, 1.82) is 0 Å². The highest BCUT2D eigenvalue weighted by atomic mass is 16.5. The number of carbonyl (C=O) groups is 2. The Balaban J connectivity index is 2.02. The quantitative estimate of drug-likeness (QED) is 0.605. The number of aromatic nitrogens is 3. The molecule has 30 heavy (non-hydrogen) atoms. The standard InChI is InChI=1S/C21H16N4O5/c1-30-20(28)15-5-2-3-7-17(15)25-18-16(6-4-9-23-18)19(27)24(21(25)29)12-13-11-14(26)8-10-22-13/h2-10H,11-12H2,1H3. The second-order valence-corrected chi connectivity index (χ2v) is 6.55. The van der Waals surface area contributed by atoms with E-state index in [0.29, 0.717) is 5.71 Å². The largest absolute Gasteiger partial charge is 0.465 e. The Kier molecular flexibility index (Phi) is 4.93. The van der Waals surface area contributed by atoms with E-state index in [1.165, 1.54) is 36.2 Å². The van der Waals surface area contributed by atoms with Gasteiger partial charge >= 0.3 is 11.7 Å². The Hall–Kier alpha value is -4.14. The number of rotatable bonds is 4. The molecule has 0 fully saturated rings. The summed E-state index contributed by atoms with van der Waals surface area (Å²) in [5.41, 5.74) is -0.382. The van der Waals surface area contributed by atoms with Crippen molar-refractivity contribution < 1.29 is 14.3 Å². The van der Waals surface area contributed by atoms with Crippen LogP contribution < -0.4 is 11.2 Å². The topological polar surface area (TPSA) is 113 Å². The molecule has 1 aromatic carbocycles. The molecule has 4 rings (SSSR count). The number of esters is 1. The first-order valence-electron chi connectivity index (χ1n) is 9.04. The molecular weight excluding hydrogens is 388 g/mol. The van der Waals surface area contributed by atoms with Crippen molar-refractivity contribution in [3.05, 3.63) is 81.3 Å². The minimum Gasteiger partial charge on any atom is -0.465 e. The number of allylic oxidation sites excluding steroid dienone is 1. The third kappa shape index (κ3) is 3.26. The average molecular weight is 404 g/mol. The van der Waals surface area contributed by atoms with E-state index in [1.54, 1.807) is 30.3 Å². The Bertz CT molecular complexity index is 1360. The first-order valence-corrected chi connectivity index (χ1v) is 9.04. The molecule has 9 heteroatoms. The van der Waals surface area contributed by atoms with Gasteiger partial charge in [0, 0.05) is 18.1 Å². The molecule has 2 aromatic heterocycles. The molecule has 0 amide bonds. The van der Waals surface area contributed by atoms with Crippen molar-refractivity contribution >= 4 is 28.5 Å². The van der Waals surface area contributed by atoms with E-state index in [-0.39, 0.29) is 41.0 Å². The maximum absolute atomic E-state index is 13.4. The molecule has 3 heterocycles. The molecule has 3 aromatic rings. The van der Waals surface area contributed by atoms with Crippen molar-refractivity contribution in [3.8, 4) is 5.69 Å². The van der Waals surface area contributed by atoms with Crippen LogP contribution in [-0.2, 0) is 16.1 Å². The highest BCUT2D eigenvalue weighted by Crippen LogP contribution is 2.17. The van der Waals surface area contributed by atoms with Gasteiger partial charge in [-0.1, -0.05) is 12.1 Å². The zero-order valence-corrected chi connectivity index (χ0v) is 15.9. The molecule has 0 unspecified atom stereocenters. The van der Waals surface area contributed by atoms with E-state index in [2.05, 4.69) is 9.98 Å². The molecule has 0 saturated carbocycles. The predicted molar refractivity (Wildman–Crippen MR) is 109 cm³/mol. The fraction of sp³-hybridized carbons (Fsp3) is 0.143. The Morgan fingerprint density at radius 2 is 1.93 bits per heavy atom. The van der Waals surface area contributed by atoms with Gasteiger partial charge in [-0.2, -0.15) is 0 Å². The lowest BCUT2D eigenvalue weighted by Gasteiger charge is -2.16. The molecule has 1 aliphatic heterocycles. The highest BCUT2D eigenvalue weighted by molar-refractivity contribution is 6.08. The van der Waals surface area contributed by atoms with E-state index < -0.39 is 17.2 Å². The van der Waals surface area contributed by atoms with Crippen molar-refractivity contribution in [3.63, 3.8) is 0 Å². The van der Waals surface area contributed by atoms with Gasteiger partial charge < -0.3 is 4.74 Å². The molecule has 0 atom stereocenters. The smallest absolute Gasteiger partial charge is 0.339 e. The number of hydrogen-bond donors (Lipinski definition) is 0. The maximum Gasteiger partial charge on any atom is 0.339 e. The molecule has 0 saturated heterocycles. The summed E-state index contributed by atoms with van der Waals surface area (Å²) < 4.78 is 7.02. The number of methoxy groups -OCH3 is 1. The van der Waals surface area contributed by atoms with Gasteiger partial charge in [0.25, 0.3) is 5.56 Å². The van der Waals surface area contributed by atoms with Gasteiger partial charge in [0.1, 0.15) is 0 Å². The summed E-state index contributed by atoms with van der Waals surface area (Å²) in [6, 6.07) is 9.52. The summed E-state index contributed by atoms with van der Waals surface area (Å²) in [4.78, 5) is 58.7. The lowest BCUT2D eigenvalue weighted by molar-refractivity contribution is -0.113. The zero-order valence-electron chi connectivity index (χ0n) is 15.9. The van der Waals surface area contributed by atoms with Crippen LogP contribution in [0.15, 0.2) is 69.5 Å². The van der Waals surface area contributed by atoms with Crippen molar-refractivity contribution in [2.75, 3.05) is 7.11 Å². The number of ketones is 1. The molecule has 0 radical (unpaired) electrons.